The molecule has 0 radical (unpaired) electrons. The number of nitrogens with one attached hydrogen (secondary N) is 2. The van der Waals surface area contributed by atoms with E-state index in [-0.39, 0.29) is 29.6 Å². The molecule has 0 amide bonds. The molecular weight excluding hydrogens is 734 g/mol. The number of sulfonamides is 2. The first-order chi connectivity index (χ1) is 24.0. The van der Waals surface area contributed by atoms with E-state index < -0.39 is 44.5 Å². The van der Waals surface area contributed by atoms with E-state index in [1.165, 1.54) is 37.0 Å². The summed E-state index contributed by atoms with van der Waals surface area (Å²) in [6.07, 6.45) is 10.1. The SMILES string of the molecule is C.C/C=C/C[N+]1(C)CCCC1.Cc1ccc(S(=O)(=O)NC(C)C(O)N2CCCC2)cc1.Cc1ccc(S(=O)(=O)NC(CN2CCCC2)C(C)O)cc1.[Cl-]. The minimum absolute atomic E-state index is 0. The lowest BCUT2D eigenvalue weighted by Crippen LogP contribution is -3.00. The van der Waals surface area contributed by atoms with Crippen molar-refractivity contribution in [1.82, 2.24) is 19.2 Å². The standard InChI is InChI=1S/C15H24N2O3S.C14H22N2O3S.C9H18N.CH4.ClH/c1-12-5-7-14(8-6-12)21(19,20)16-15(13(2)18)11-17-9-3-4-10-17;1-11-5-7-13(8-6-11)20(18,19)15-12(2)14(17)16-9-3-4-10-16;1-3-4-7-10(2)8-5-6-9-10;;/h5-8,13,15-16,18H,3-4,9-11H2,1-2H3;5-8,12,14-15,17H,3-4,9-10H2,1-2H3;3-4H,5-9H2,1-2H3;1H4;1H/q;;+1;;/p-1/b;;4-3+;;. The van der Waals surface area contributed by atoms with Crippen molar-refractivity contribution in [3.8, 4) is 0 Å². The Morgan fingerprint density at radius 3 is 1.62 bits per heavy atom. The highest BCUT2D eigenvalue weighted by Gasteiger charge is 2.29. The van der Waals surface area contributed by atoms with Gasteiger partial charge in [-0.05, 0) is 104 Å². The molecule has 3 heterocycles. The van der Waals surface area contributed by atoms with Crippen molar-refractivity contribution in [3.05, 3.63) is 71.8 Å². The minimum atomic E-state index is -3.60. The van der Waals surface area contributed by atoms with Gasteiger partial charge < -0.3 is 32.0 Å². The topological polar surface area (TPSA) is 139 Å². The van der Waals surface area contributed by atoms with E-state index in [2.05, 4.69) is 40.5 Å². The molecule has 4 unspecified atom stereocenters. The fourth-order valence-corrected chi connectivity index (χ4v) is 9.11. The molecule has 3 fully saturated rings. The molecule has 0 aromatic heterocycles. The van der Waals surface area contributed by atoms with Gasteiger partial charge in [0.05, 0.1) is 54.7 Å². The monoisotopic (exact) mass is 801 g/mol. The maximum Gasteiger partial charge on any atom is 0.240 e. The summed E-state index contributed by atoms with van der Waals surface area (Å²) in [5.41, 5.74) is 2.02. The average molecular weight is 803 g/mol. The number of benzene rings is 2. The van der Waals surface area contributed by atoms with Crippen molar-refractivity contribution >= 4 is 20.0 Å². The molecule has 4 atom stereocenters. The van der Waals surface area contributed by atoms with Crippen molar-refractivity contribution in [1.29, 1.82) is 0 Å². The molecule has 0 saturated carbocycles. The number of allylic oxidation sites excluding steroid dienone is 1. The Balaban J connectivity index is 0.000000412. The van der Waals surface area contributed by atoms with Crippen LogP contribution < -0.4 is 21.9 Å². The van der Waals surface area contributed by atoms with Gasteiger partial charge in [0.1, 0.15) is 6.23 Å². The molecule has 2 aromatic rings. The lowest BCUT2D eigenvalue weighted by Gasteiger charge is -2.28. The van der Waals surface area contributed by atoms with Crippen molar-refractivity contribution in [2.75, 3.05) is 59.4 Å². The van der Waals surface area contributed by atoms with Crippen molar-refractivity contribution < 1.29 is 43.9 Å². The number of aliphatic hydroxyl groups excluding tert-OH is 2. The number of halogens is 1. The number of aryl methyl sites for hydroxylation is 2. The molecule has 2 aromatic carbocycles. The van der Waals surface area contributed by atoms with E-state index in [1.54, 1.807) is 62.4 Å². The van der Waals surface area contributed by atoms with Crippen LogP contribution >= 0.6 is 0 Å². The summed E-state index contributed by atoms with van der Waals surface area (Å²) in [7, 11) is -4.83. The van der Waals surface area contributed by atoms with E-state index in [9.17, 15) is 27.0 Å². The van der Waals surface area contributed by atoms with Gasteiger partial charge in [0.15, 0.2) is 0 Å². The van der Waals surface area contributed by atoms with Crippen LogP contribution in [-0.2, 0) is 20.0 Å². The number of hydrogen-bond donors (Lipinski definition) is 4. The molecule has 0 spiro atoms. The van der Waals surface area contributed by atoms with E-state index in [0.29, 0.717) is 6.54 Å². The van der Waals surface area contributed by atoms with Gasteiger partial charge >= 0.3 is 0 Å². The minimum Gasteiger partial charge on any atom is -1.00 e. The first-order valence-corrected chi connectivity index (χ1v) is 21.5. The van der Waals surface area contributed by atoms with Crippen molar-refractivity contribution in [3.63, 3.8) is 0 Å². The molecule has 3 aliphatic heterocycles. The fourth-order valence-electron chi connectivity index (χ4n) is 6.57. The van der Waals surface area contributed by atoms with Gasteiger partial charge in [-0.1, -0.05) is 48.9 Å². The summed E-state index contributed by atoms with van der Waals surface area (Å²) in [5.74, 6) is 0. The largest absolute Gasteiger partial charge is 1.00 e. The highest BCUT2D eigenvalue weighted by atomic mass is 35.5. The summed E-state index contributed by atoms with van der Waals surface area (Å²) in [4.78, 5) is 4.56. The summed E-state index contributed by atoms with van der Waals surface area (Å²) in [5, 5.41) is 20.0. The van der Waals surface area contributed by atoms with E-state index in [0.717, 1.165) is 63.0 Å². The zero-order valence-corrected chi connectivity index (χ0v) is 34.4. The van der Waals surface area contributed by atoms with Crippen molar-refractivity contribution in [2.24, 2.45) is 0 Å². The lowest BCUT2D eigenvalue weighted by molar-refractivity contribution is -0.891. The third kappa shape index (κ3) is 16.4. The van der Waals surface area contributed by atoms with E-state index in [1.807, 2.05) is 18.7 Å². The van der Waals surface area contributed by atoms with Crippen LogP contribution in [0, 0.1) is 13.8 Å². The fraction of sp³-hybridized carbons (Fsp3) is 0.641. The number of nitrogens with zero attached hydrogens (tertiary/aromatic N) is 3. The van der Waals surface area contributed by atoms with Gasteiger partial charge in [0, 0.05) is 32.5 Å². The highest BCUT2D eigenvalue weighted by Crippen LogP contribution is 2.17. The molecule has 0 aliphatic carbocycles. The second kappa shape index (κ2) is 23.2. The van der Waals surface area contributed by atoms with Gasteiger partial charge in [0.2, 0.25) is 20.0 Å². The normalized spacial score (nSPS) is 19.8. The van der Waals surface area contributed by atoms with Crippen LogP contribution in [0.5, 0.6) is 0 Å². The Hall–Kier alpha value is -1.91. The maximum atomic E-state index is 12.4. The highest BCUT2D eigenvalue weighted by molar-refractivity contribution is 7.89. The van der Waals surface area contributed by atoms with Crippen molar-refractivity contribution in [2.45, 2.75) is 115 Å². The summed E-state index contributed by atoms with van der Waals surface area (Å²) < 4.78 is 55.7. The molecule has 14 heteroatoms. The Morgan fingerprint density at radius 2 is 1.19 bits per heavy atom. The smallest absolute Gasteiger partial charge is 0.240 e. The third-order valence-corrected chi connectivity index (χ3v) is 13.0. The van der Waals surface area contributed by atoms with Gasteiger partial charge in [-0.2, -0.15) is 0 Å². The molecule has 11 nitrogen and oxygen atoms in total. The Bertz CT molecular complexity index is 1560. The second-order valence-corrected chi connectivity index (χ2v) is 18.1. The number of aliphatic hydroxyl groups is 2. The molecule has 3 aliphatic rings. The molecule has 4 N–H and O–H groups in total. The van der Waals surface area contributed by atoms with Gasteiger partial charge in [-0.25, -0.2) is 26.3 Å². The van der Waals surface area contributed by atoms with Gasteiger partial charge in [-0.3, -0.25) is 4.90 Å². The maximum absolute atomic E-state index is 12.4. The van der Waals surface area contributed by atoms with Crippen LogP contribution in [0.15, 0.2) is 70.5 Å². The van der Waals surface area contributed by atoms with Crippen LogP contribution in [0.4, 0.5) is 0 Å². The summed E-state index contributed by atoms with van der Waals surface area (Å²) >= 11 is 0. The molecule has 0 bridgehead atoms. The Morgan fingerprint density at radius 1 is 0.755 bits per heavy atom. The molecule has 304 valence electrons. The summed E-state index contributed by atoms with van der Waals surface area (Å²) in [6, 6.07) is 12.4. The Labute approximate surface area is 328 Å². The summed E-state index contributed by atoms with van der Waals surface area (Å²) in [6.45, 7) is 17.3. The zero-order chi connectivity index (χ0) is 37.7. The second-order valence-electron chi connectivity index (χ2n) is 14.7. The van der Waals surface area contributed by atoms with Crippen LogP contribution in [0.2, 0.25) is 0 Å². The quantitative estimate of drug-likeness (QED) is 0.177. The number of quaternary nitrogens is 1. The molecule has 5 rings (SSSR count). The molecule has 53 heavy (non-hydrogen) atoms. The number of rotatable bonds is 13. The van der Waals surface area contributed by atoms with Gasteiger partial charge in [0.25, 0.3) is 0 Å². The van der Waals surface area contributed by atoms with Crippen LogP contribution in [0.25, 0.3) is 0 Å². The predicted molar refractivity (Wildman–Crippen MR) is 212 cm³/mol. The van der Waals surface area contributed by atoms with Gasteiger partial charge in [-0.15, -0.1) is 0 Å². The number of likely N-dealkylation sites (tertiary alicyclic amines) is 3. The molecular formula is C39H68ClN5O6S2. The lowest BCUT2D eigenvalue weighted by atomic mass is 10.2. The Kier molecular flexibility index (Phi) is 21.5. The third-order valence-electron chi connectivity index (χ3n) is 9.94. The van der Waals surface area contributed by atoms with Crippen LogP contribution in [0.1, 0.15) is 77.8 Å². The average Bonchev–Trinajstić information content (AvgIpc) is 3.89. The van der Waals surface area contributed by atoms with Crippen LogP contribution in [-0.4, -0.2) is 125 Å². The number of likely N-dealkylation sites (N-methyl/N-ethyl adjacent to an activating group) is 1. The van der Waals surface area contributed by atoms with E-state index in [4.69, 9.17) is 0 Å². The zero-order valence-electron chi connectivity index (χ0n) is 32.0. The van der Waals surface area contributed by atoms with E-state index >= 15 is 0 Å². The number of hydrogen-bond acceptors (Lipinski definition) is 8. The molecule has 3 saturated heterocycles. The first kappa shape index (κ1) is 49.1. The predicted octanol–water partition coefficient (Wildman–Crippen LogP) is 1.64. The van der Waals surface area contributed by atoms with Crippen LogP contribution in [0.3, 0.4) is 0 Å². The first-order valence-electron chi connectivity index (χ1n) is 18.5.